The van der Waals surface area contributed by atoms with Gasteiger partial charge in [-0.1, -0.05) is 18.2 Å². The maximum Gasteiger partial charge on any atom is 0.408 e. The lowest BCUT2D eigenvalue weighted by Gasteiger charge is -2.53. The maximum atomic E-state index is 12.8. The Balaban J connectivity index is 1.30. The highest BCUT2D eigenvalue weighted by Gasteiger charge is 2.50. The lowest BCUT2D eigenvalue weighted by atomic mass is 9.55. The van der Waals surface area contributed by atoms with Crippen molar-refractivity contribution in [1.82, 2.24) is 10.3 Å². The van der Waals surface area contributed by atoms with Crippen molar-refractivity contribution < 1.29 is 19.1 Å². The molecular formula is C24H27ClN2O4. The number of halogens is 1. The third-order valence-electron chi connectivity index (χ3n) is 7.49. The second-order valence-electron chi connectivity index (χ2n) is 9.48. The standard InChI is InChI=1S/C24H27ClN2O4/c25-11-21(28)22(29)20(10-17-12-26-19-4-2-1-3-18(17)19)27-24(30)31-23-15-6-13-5-14(8-15)9-16(23)7-13/h1-4,12-16,20,23,26H,5-11H2,(H,27,30)/t13?,14?,15?,16?,20-,23?/m0/s1. The van der Waals surface area contributed by atoms with Crippen LogP contribution in [0.2, 0.25) is 0 Å². The number of carbonyl (C=O) groups is 3. The number of aromatic nitrogens is 1. The average Bonchev–Trinajstić information content (AvgIpc) is 3.17. The molecule has 4 saturated carbocycles. The molecule has 1 aromatic heterocycles. The van der Waals surface area contributed by atoms with Crippen LogP contribution < -0.4 is 5.32 Å². The van der Waals surface area contributed by atoms with Gasteiger partial charge in [-0.2, -0.15) is 0 Å². The van der Waals surface area contributed by atoms with Crippen molar-refractivity contribution in [1.29, 1.82) is 0 Å². The molecule has 4 fully saturated rings. The first-order chi connectivity index (χ1) is 15.0. The predicted octanol–water partition coefficient (Wildman–Crippen LogP) is 4.01. The second kappa shape index (κ2) is 8.30. The van der Waals surface area contributed by atoms with E-state index in [2.05, 4.69) is 10.3 Å². The van der Waals surface area contributed by atoms with Crippen LogP contribution in [-0.4, -0.2) is 40.7 Å². The molecule has 6 nitrogen and oxygen atoms in total. The van der Waals surface area contributed by atoms with Gasteiger partial charge in [-0.15, -0.1) is 11.6 Å². The van der Waals surface area contributed by atoms with Gasteiger partial charge in [0.05, 0.1) is 5.88 Å². The number of amides is 1. The number of H-pyrrole nitrogens is 1. The Bertz CT molecular complexity index is 988. The second-order valence-corrected chi connectivity index (χ2v) is 9.75. The van der Waals surface area contributed by atoms with E-state index in [1.807, 2.05) is 24.3 Å². The third-order valence-corrected chi connectivity index (χ3v) is 7.73. The predicted molar refractivity (Wildman–Crippen MR) is 117 cm³/mol. The van der Waals surface area contributed by atoms with Crippen LogP contribution in [0, 0.1) is 23.7 Å². The summed E-state index contributed by atoms with van der Waals surface area (Å²) in [7, 11) is 0. The lowest BCUT2D eigenvalue weighted by molar-refractivity contribution is -0.136. The third kappa shape index (κ3) is 3.98. The number of para-hydroxylation sites is 1. The Morgan fingerprint density at radius 2 is 1.74 bits per heavy atom. The Morgan fingerprint density at radius 1 is 1.06 bits per heavy atom. The quantitative estimate of drug-likeness (QED) is 0.501. The maximum absolute atomic E-state index is 12.8. The molecule has 1 heterocycles. The molecule has 0 unspecified atom stereocenters. The largest absolute Gasteiger partial charge is 0.446 e. The van der Waals surface area contributed by atoms with E-state index in [1.165, 1.54) is 6.42 Å². The fraction of sp³-hybridized carbons (Fsp3) is 0.542. The molecule has 164 valence electrons. The summed E-state index contributed by atoms with van der Waals surface area (Å²) in [6, 6.07) is 6.71. The Hall–Kier alpha value is -2.34. The number of alkyl halides is 1. The average molecular weight is 443 g/mol. The zero-order valence-corrected chi connectivity index (χ0v) is 18.1. The molecule has 4 aliphatic rings. The SMILES string of the molecule is O=C(N[C@@H](Cc1c[nH]c2ccccc12)C(=O)C(=O)CCl)OC1C2CC3CC(C2)CC1C3. The van der Waals surface area contributed by atoms with Crippen LogP contribution in [0.15, 0.2) is 30.5 Å². The van der Waals surface area contributed by atoms with Crippen molar-refractivity contribution in [2.24, 2.45) is 23.7 Å². The van der Waals surface area contributed by atoms with Crippen LogP contribution >= 0.6 is 11.6 Å². The summed E-state index contributed by atoms with van der Waals surface area (Å²) in [5, 5.41) is 3.64. The van der Waals surface area contributed by atoms with Gasteiger partial charge in [-0.25, -0.2) is 4.79 Å². The molecule has 0 spiro atoms. The Morgan fingerprint density at radius 3 is 2.42 bits per heavy atom. The van der Waals surface area contributed by atoms with Gasteiger partial charge in [0.25, 0.3) is 0 Å². The summed E-state index contributed by atoms with van der Waals surface area (Å²) in [4.78, 5) is 40.7. The van der Waals surface area contributed by atoms with E-state index in [1.54, 1.807) is 6.20 Å². The number of Topliss-reactive ketones (excluding diaryl/α,β-unsaturated/α-hetero) is 2. The number of carbonyl (C=O) groups excluding carboxylic acids is 3. The van der Waals surface area contributed by atoms with Crippen LogP contribution in [0.4, 0.5) is 4.79 Å². The monoisotopic (exact) mass is 442 g/mol. The van der Waals surface area contributed by atoms with Gasteiger partial charge in [0.15, 0.2) is 0 Å². The highest BCUT2D eigenvalue weighted by atomic mass is 35.5. The fourth-order valence-corrected chi connectivity index (χ4v) is 6.49. The molecule has 31 heavy (non-hydrogen) atoms. The smallest absolute Gasteiger partial charge is 0.408 e. The number of hydrogen-bond donors (Lipinski definition) is 2. The first kappa shape index (κ1) is 20.6. The first-order valence-corrected chi connectivity index (χ1v) is 11.7. The molecule has 2 N–H and O–H groups in total. The number of ether oxygens (including phenoxy) is 1. The molecule has 0 radical (unpaired) electrons. The topological polar surface area (TPSA) is 88.3 Å². The van der Waals surface area contributed by atoms with E-state index in [0.717, 1.165) is 54.0 Å². The first-order valence-electron chi connectivity index (χ1n) is 11.2. The number of ketones is 2. The van der Waals surface area contributed by atoms with Crippen molar-refractivity contribution in [3.8, 4) is 0 Å². The highest BCUT2D eigenvalue weighted by molar-refractivity contribution is 6.48. The number of rotatable bonds is 7. The van der Waals surface area contributed by atoms with Crippen LogP contribution in [0.3, 0.4) is 0 Å². The molecule has 0 saturated heterocycles. The van der Waals surface area contributed by atoms with Gasteiger partial charge in [-0.05, 0) is 67.4 Å². The van der Waals surface area contributed by atoms with Crippen molar-refractivity contribution >= 4 is 40.2 Å². The van der Waals surface area contributed by atoms with Crippen LogP contribution in [0.5, 0.6) is 0 Å². The Kier molecular flexibility index (Phi) is 5.51. The van der Waals surface area contributed by atoms with Crippen molar-refractivity contribution in [2.45, 2.75) is 50.7 Å². The van der Waals surface area contributed by atoms with E-state index in [9.17, 15) is 14.4 Å². The number of fused-ring (bicyclic) bond motifs is 1. The van der Waals surface area contributed by atoms with Gasteiger partial charge in [0.1, 0.15) is 12.1 Å². The molecule has 2 aromatic rings. The van der Waals surface area contributed by atoms with Crippen LogP contribution in [-0.2, 0) is 20.7 Å². The zero-order chi connectivity index (χ0) is 21.5. The van der Waals surface area contributed by atoms with E-state index >= 15 is 0 Å². The van der Waals surface area contributed by atoms with Crippen LogP contribution in [0.25, 0.3) is 10.9 Å². The summed E-state index contributed by atoms with van der Waals surface area (Å²) >= 11 is 5.62. The minimum absolute atomic E-state index is 0.0830. The van der Waals surface area contributed by atoms with Gasteiger partial charge in [0.2, 0.25) is 11.6 Å². The fourth-order valence-electron chi connectivity index (χ4n) is 6.36. The van der Waals surface area contributed by atoms with Crippen molar-refractivity contribution in [2.75, 3.05) is 5.88 Å². The zero-order valence-electron chi connectivity index (χ0n) is 17.3. The minimum atomic E-state index is -1.00. The summed E-state index contributed by atoms with van der Waals surface area (Å²) in [6.07, 6.45) is 7.16. The molecule has 0 aliphatic heterocycles. The van der Waals surface area contributed by atoms with E-state index in [-0.39, 0.29) is 12.5 Å². The molecule has 4 bridgehead atoms. The molecule has 4 aliphatic carbocycles. The van der Waals surface area contributed by atoms with E-state index < -0.39 is 29.6 Å². The molecule has 7 heteroatoms. The molecule has 1 amide bonds. The van der Waals surface area contributed by atoms with Gasteiger partial charge in [0, 0.05) is 23.5 Å². The summed E-state index contributed by atoms with van der Waals surface area (Å²) < 4.78 is 5.87. The van der Waals surface area contributed by atoms with Crippen LogP contribution in [0.1, 0.15) is 37.7 Å². The summed E-state index contributed by atoms with van der Waals surface area (Å²) in [6.45, 7) is 0. The lowest BCUT2D eigenvalue weighted by Crippen LogP contribution is -2.52. The van der Waals surface area contributed by atoms with Gasteiger partial charge in [-0.3, -0.25) is 9.59 Å². The molecular weight excluding hydrogens is 416 g/mol. The molecule has 1 atom stereocenters. The molecule has 1 aromatic carbocycles. The van der Waals surface area contributed by atoms with Crippen molar-refractivity contribution in [3.63, 3.8) is 0 Å². The van der Waals surface area contributed by atoms with E-state index in [0.29, 0.717) is 11.8 Å². The van der Waals surface area contributed by atoms with Gasteiger partial charge >= 0.3 is 6.09 Å². The number of alkyl carbamates (subject to hydrolysis) is 1. The molecule has 6 rings (SSSR count). The summed E-state index contributed by atoms with van der Waals surface area (Å²) in [5.41, 5.74) is 1.79. The number of benzene rings is 1. The number of aromatic amines is 1. The minimum Gasteiger partial charge on any atom is -0.446 e. The normalized spacial score (nSPS) is 29.6. The summed E-state index contributed by atoms with van der Waals surface area (Å²) in [5.74, 6) is 0.605. The number of hydrogen-bond acceptors (Lipinski definition) is 4. The number of nitrogens with one attached hydrogen (secondary N) is 2. The van der Waals surface area contributed by atoms with E-state index in [4.69, 9.17) is 16.3 Å². The highest BCUT2D eigenvalue weighted by Crippen LogP contribution is 2.54. The van der Waals surface area contributed by atoms with Crippen molar-refractivity contribution in [3.05, 3.63) is 36.0 Å². The Labute approximate surface area is 186 Å². The van der Waals surface area contributed by atoms with Gasteiger partial charge < -0.3 is 15.0 Å².